The Hall–Kier alpha value is -3.44. The van der Waals surface area contributed by atoms with E-state index in [9.17, 15) is 13.2 Å². The number of carbonyl (C=O) groups excluding carboxylic acids is 1. The number of carbonyl (C=O) groups is 1. The van der Waals surface area contributed by atoms with E-state index in [1.54, 1.807) is 55.5 Å². The zero-order valence-electron chi connectivity index (χ0n) is 22.0. The zero-order chi connectivity index (χ0) is 28.6. The molecule has 3 aromatic carbocycles. The number of amides is 1. The first-order chi connectivity index (χ1) is 19.2. The van der Waals surface area contributed by atoms with Crippen LogP contribution in [-0.2, 0) is 25.9 Å². The van der Waals surface area contributed by atoms with Crippen LogP contribution in [0.2, 0.25) is 5.02 Å². The molecule has 3 aromatic rings. The first kappa shape index (κ1) is 29.5. The Morgan fingerprint density at radius 1 is 1.07 bits per heavy atom. The van der Waals surface area contributed by atoms with Crippen molar-refractivity contribution in [3.63, 3.8) is 0 Å². The lowest BCUT2D eigenvalue weighted by atomic mass is 9.90. The van der Waals surface area contributed by atoms with E-state index in [2.05, 4.69) is 10.9 Å². The second-order valence-corrected chi connectivity index (χ2v) is 11.8. The largest absolute Gasteiger partial charge is 0.494 e. The molecule has 0 bridgehead atoms. The molecule has 0 aromatic heterocycles. The highest BCUT2D eigenvalue weighted by Gasteiger charge is 2.50. The van der Waals surface area contributed by atoms with E-state index in [4.69, 9.17) is 31.2 Å². The van der Waals surface area contributed by atoms with E-state index in [0.29, 0.717) is 29.4 Å². The molecular weight excluding hydrogens is 554 g/mol. The molecule has 0 radical (unpaired) electrons. The third-order valence-electron chi connectivity index (χ3n) is 6.62. The highest BCUT2D eigenvalue weighted by atomic mass is 35.5. The Morgan fingerprint density at radius 3 is 2.48 bits per heavy atom. The van der Waals surface area contributed by atoms with Crippen LogP contribution < -0.4 is 15.6 Å². The minimum Gasteiger partial charge on any atom is -0.494 e. The van der Waals surface area contributed by atoms with Crippen molar-refractivity contribution >= 4 is 33.2 Å². The maximum absolute atomic E-state index is 13.7. The Balaban J connectivity index is 1.57. The molecule has 9 nitrogen and oxygen atoms in total. The smallest absolute Gasteiger partial charge is 0.266 e. The monoisotopic (exact) mass is 585 g/mol. The van der Waals surface area contributed by atoms with Crippen LogP contribution in [0.3, 0.4) is 0 Å². The molecule has 11 heteroatoms. The SMILES string of the molecule is C[C@@H]1OC(c2ccc(OCCCO)cc2)=N[C@]1(CCS(=O)(=O)c1ccccc1)C(=O)NNCc1ccccc1Cl. The predicted molar refractivity (Wildman–Crippen MR) is 153 cm³/mol. The van der Waals surface area contributed by atoms with Crippen LogP contribution in [0.1, 0.15) is 30.9 Å². The van der Waals surface area contributed by atoms with Crippen LogP contribution in [0.25, 0.3) is 0 Å². The van der Waals surface area contributed by atoms with Crippen LogP contribution >= 0.6 is 11.6 Å². The summed E-state index contributed by atoms with van der Waals surface area (Å²) in [5, 5.41) is 9.49. The summed E-state index contributed by atoms with van der Waals surface area (Å²) in [4.78, 5) is 18.5. The Bertz CT molecular complexity index is 1430. The zero-order valence-corrected chi connectivity index (χ0v) is 23.6. The lowest BCUT2D eigenvalue weighted by Crippen LogP contribution is -2.55. The average Bonchev–Trinajstić information content (AvgIpc) is 3.31. The molecule has 0 unspecified atom stereocenters. The fourth-order valence-electron chi connectivity index (χ4n) is 4.26. The highest BCUT2D eigenvalue weighted by molar-refractivity contribution is 7.91. The van der Waals surface area contributed by atoms with E-state index in [1.807, 2.05) is 18.2 Å². The Kier molecular flexibility index (Phi) is 9.80. The maximum atomic E-state index is 13.7. The fourth-order valence-corrected chi connectivity index (χ4v) is 5.85. The van der Waals surface area contributed by atoms with Gasteiger partial charge in [-0.25, -0.2) is 18.8 Å². The summed E-state index contributed by atoms with van der Waals surface area (Å²) in [6.45, 7) is 2.38. The molecule has 4 rings (SSSR count). The van der Waals surface area contributed by atoms with Gasteiger partial charge in [-0.1, -0.05) is 48.0 Å². The average molecular weight is 586 g/mol. The lowest BCUT2D eigenvalue weighted by molar-refractivity contribution is -0.129. The molecule has 0 saturated carbocycles. The molecule has 0 saturated heterocycles. The second kappa shape index (κ2) is 13.3. The number of nitrogens with one attached hydrogen (secondary N) is 2. The molecule has 2 atom stereocenters. The number of rotatable bonds is 13. The molecule has 0 fully saturated rings. The van der Waals surface area contributed by atoms with Gasteiger partial charge in [-0.3, -0.25) is 10.2 Å². The summed E-state index contributed by atoms with van der Waals surface area (Å²) in [7, 11) is -3.69. The van der Waals surface area contributed by atoms with Gasteiger partial charge in [-0.05, 0) is 61.4 Å². The van der Waals surface area contributed by atoms with Gasteiger partial charge in [0.25, 0.3) is 5.91 Å². The summed E-state index contributed by atoms with van der Waals surface area (Å²) >= 11 is 6.23. The number of sulfone groups is 1. The summed E-state index contributed by atoms with van der Waals surface area (Å²) in [5.41, 5.74) is 5.46. The number of hydrogen-bond acceptors (Lipinski definition) is 8. The van der Waals surface area contributed by atoms with Gasteiger partial charge >= 0.3 is 0 Å². The third kappa shape index (κ3) is 7.00. The molecule has 0 aliphatic carbocycles. The van der Waals surface area contributed by atoms with Gasteiger partial charge in [0.1, 0.15) is 11.9 Å². The minimum atomic E-state index is -3.69. The first-order valence-electron chi connectivity index (χ1n) is 12.9. The molecule has 1 aliphatic heterocycles. The summed E-state index contributed by atoms with van der Waals surface area (Å²) in [6.07, 6.45) is -0.337. The molecule has 1 heterocycles. The summed E-state index contributed by atoms with van der Waals surface area (Å²) < 4.78 is 37.9. The van der Waals surface area contributed by atoms with Crippen LogP contribution in [-0.4, -0.2) is 55.9 Å². The number of nitrogens with zero attached hydrogens (tertiary/aromatic N) is 1. The van der Waals surface area contributed by atoms with Gasteiger partial charge in [-0.15, -0.1) is 0 Å². The van der Waals surface area contributed by atoms with E-state index in [-0.39, 0.29) is 36.1 Å². The van der Waals surface area contributed by atoms with Crippen LogP contribution in [0.15, 0.2) is 88.8 Å². The number of hydrogen-bond donors (Lipinski definition) is 3. The molecule has 1 amide bonds. The fraction of sp³-hybridized carbons (Fsp3) is 0.310. The number of ether oxygens (including phenoxy) is 2. The van der Waals surface area contributed by atoms with Crippen molar-refractivity contribution in [3.05, 3.63) is 95.0 Å². The van der Waals surface area contributed by atoms with Gasteiger partial charge in [-0.2, -0.15) is 0 Å². The van der Waals surface area contributed by atoms with Crippen molar-refractivity contribution in [1.82, 2.24) is 10.9 Å². The van der Waals surface area contributed by atoms with Crippen LogP contribution in [0, 0.1) is 0 Å². The standard InChI is InChI=1S/C29H32ClN3O6S/c1-21-29(16-19-40(36,37)25-9-3-2-4-10-25,28(35)33-31-20-23-8-5-6-11-26(23)30)32-27(39-21)22-12-14-24(15-13-22)38-18-7-17-34/h2-6,8-15,21,31,34H,7,16-20H2,1H3,(H,33,35)/t21-,29-/m0/s1. The first-order valence-corrected chi connectivity index (χ1v) is 14.9. The summed E-state index contributed by atoms with van der Waals surface area (Å²) in [5.74, 6) is 0.0180. The van der Waals surface area contributed by atoms with Gasteiger partial charge in [0.15, 0.2) is 15.4 Å². The quantitative estimate of drug-likeness (QED) is 0.206. The molecule has 1 aliphatic rings. The molecule has 3 N–H and O–H groups in total. The number of aliphatic hydroxyl groups is 1. The normalized spacial score (nSPS) is 18.6. The van der Waals surface area contributed by atoms with Crippen molar-refractivity contribution in [3.8, 4) is 5.75 Å². The highest BCUT2D eigenvalue weighted by Crippen LogP contribution is 2.33. The van der Waals surface area contributed by atoms with Crippen molar-refractivity contribution in [2.75, 3.05) is 19.0 Å². The molecule has 212 valence electrons. The Labute approximate surface area is 239 Å². The number of halogens is 1. The van der Waals surface area contributed by atoms with E-state index in [1.165, 1.54) is 12.1 Å². The predicted octanol–water partition coefficient (Wildman–Crippen LogP) is 3.69. The topological polar surface area (TPSA) is 126 Å². The minimum absolute atomic E-state index is 0.0397. The number of benzene rings is 3. The maximum Gasteiger partial charge on any atom is 0.266 e. The van der Waals surface area contributed by atoms with Gasteiger partial charge < -0.3 is 14.6 Å². The van der Waals surface area contributed by atoms with Crippen LogP contribution in [0.5, 0.6) is 5.75 Å². The second-order valence-electron chi connectivity index (χ2n) is 9.33. The lowest BCUT2D eigenvalue weighted by Gasteiger charge is -2.28. The summed E-state index contributed by atoms with van der Waals surface area (Å²) in [6, 6.07) is 22.3. The number of aliphatic imine (C=N–C) groups is 1. The number of hydrazine groups is 1. The van der Waals surface area contributed by atoms with Crippen molar-refractivity contribution < 1.29 is 27.8 Å². The van der Waals surface area contributed by atoms with Gasteiger partial charge in [0, 0.05) is 30.2 Å². The van der Waals surface area contributed by atoms with E-state index in [0.717, 1.165) is 5.56 Å². The van der Waals surface area contributed by atoms with E-state index < -0.39 is 27.4 Å². The van der Waals surface area contributed by atoms with Gasteiger partial charge in [0.2, 0.25) is 5.90 Å². The van der Waals surface area contributed by atoms with Gasteiger partial charge in [0.05, 0.1) is 17.3 Å². The van der Waals surface area contributed by atoms with Crippen molar-refractivity contribution in [2.24, 2.45) is 4.99 Å². The third-order valence-corrected chi connectivity index (χ3v) is 8.72. The molecule has 0 spiro atoms. The van der Waals surface area contributed by atoms with Crippen molar-refractivity contribution in [2.45, 2.75) is 42.8 Å². The molecular formula is C29H32ClN3O6S. The van der Waals surface area contributed by atoms with Crippen LogP contribution in [0.4, 0.5) is 0 Å². The molecule has 40 heavy (non-hydrogen) atoms. The number of aliphatic hydroxyl groups excluding tert-OH is 1. The van der Waals surface area contributed by atoms with Crippen molar-refractivity contribution in [1.29, 1.82) is 0 Å². The Morgan fingerprint density at radius 2 is 1.77 bits per heavy atom. The van der Waals surface area contributed by atoms with E-state index >= 15 is 0 Å².